The van der Waals surface area contributed by atoms with E-state index in [1.54, 1.807) is 7.11 Å². The highest BCUT2D eigenvalue weighted by Gasteiger charge is 2.62. The molecule has 0 bridgehead atoms. The van der Waals surface area contributed by atoms with E-state index in [0.717, 1.165) is 32.2 Å². The lowest BCUT2D eigenvalue weighted by Crippen LogP contribution is -2.68. The largest absolute Gasteiger partial charge is 0.390 e. The summed E-state index contributed by atoms with van der Waals surface area (Å²) >= 11 is 0. The molecule has 6 nitrogen and oxygen atoms in total. The molecule has 10 unspecified atom stereocenters. The van der Waals surface area contributed by atoms with E-state index >= 15 is 0 Å². The fourth-order valence-electron chi connectivity index (χ4n) is 6.84. The summed E-state index contributed by atoms with van der Waals surface area (Å²) in [4.78, 5) is 15.7. The molecule has 3 saturated carbocycles. The summed E-state index contributed by atoms with van der Waals surface area (Å²) in [6.07, 6.45) is 3.08. The third-order valence-corrected chi connectivity index (χ3v) is 7.93. The lowest BCUT2D eigenvalue weighted by atomic mass is 9.50. The van der Waals surface area contributed by atoms with Crippen LogP contribution in [0.15, 0.2) is 0 Å². The lowest BCUT2D eigenvalue weighted by molar-refractivity contribution is -0.191. The zero-order valence-electron chi connectivity index (χ0n) is 15.0. The van der Waals surface area contributed by atoms with Gasteiger partial charge in [0.25, 0.3) is 0 Å². The molecule has 0 aromatic heterocycles. The van der Waals surface area contributed by atoms with Gasteiger partial charge in [0.1, 0.15) is 6.79 Å². The molecule has 5 rings (SSSR count). The van der Waals surface area contributed by atoms with Crippen molar-refractivity contribution in [1.29, 1.82) is 0 Å². The lowest BCUT2D eigenvalue weighted by Gasteiger charge is -2.60. The first kappa shape index (κ1) is 16.6. The van der Waals surface area contributed by atoms with E-state index < -0.39 is 6.10 Å². The number of carbonyl (C=O) groups excluding carboxylic acids is 1. The van der Waals surface area contributed by atoms with Crippen molar-refractivity contribution in [3.8, 4) is 0 Å². The normalized spacial score (nSPS) is 55.4. The van der Waals surface area contributed by atoms with Gasteiger partial charge in [0, 0.05) is 13.0 Å². The number of hydrogen-bond donors (Lipinski definition) is 1. The Labute approximate surface area is 148 Å². The van der Waals surface area contributed by atoms with Crippen LogP contribution in [0, 0.1) is 29.6 Å². The second kappa shape index (κ2) is 5.99. The second-order valence-corrected chi connectivity index (χ2v) is 8.80. The molecule has 25 heavy (non-hydrogen) atoms. The zero-order valence-corrected chi connectivity index (χ0v) is 15.0. The van der Waals surface area contributed by atoms with Crippen LogP contribution in [0.2, 0.25) is 0 Å². The summed E-state index contributed by atoms with van der Waals surface area (Å²) in [5, 5.41) is 11.1. The smallest absolute Gasteiger partial charge is 0.153 e. The highest BCUT2D eigenvalue weighted by molar-refractivity contribution is 5.88. The van der Waals surface area contributed by atoms with E-state index in [-0.39, 0.29) is 48.0 Å². The highest BCUT2D eigenvalue weighted by Crippen LogP contribution is 2.56. The second-order valence-electron chi connectivity index (χ2n) is 8.80. The molecular formula is C19H29NO5. The van der Waals surface area contributed by atoms with Gasteiger partial charge in [-0.15, -0.1) is 0 Å². The van der Waals surface area contributed by atoms with Gasteiger partial charge in [0.2, 0.25) is 0 Å². The average molecular weight is 351 g/mol. The minimum Gasteiger partial charge on any atom is -0.390 e. The van der Waals surface area contributed by atoms with E-state index in [0.29, 0.717) is 18.5 Å². The molecule has 6 heteroatoms. The minimum absolute atomic E-state index is 0.0133. The van der Waals surface area contributed by atoms with Crippen molar-refractivity contribution in [2.45, 2.75) is 56.1 Å². The van der Waals surface area contributed by atoms with Crippen molar-refractivity contribution in [3.63, 3.8) is 0 Å². The van der Waals surface area contributed by atoms with Gasteiger partial charge in [-0.05, 0) is 62.9 Å². The molecule has 5 fully saturated rings. The quantitative estimate of drug-likeness (QED) is 0.749. The average Bonchev–Trinajstić information content (AvgIpc) is 3.07. The summed E-state index contributed by atoms with van der Waals surface area (Å²) in [6, 6.07) is -0.0451. The number of aliphatic hydroxyl groups is 1. The number of Topliss-reactive ketones (excluding diaryl/α,β-unsaturated/α-hetero) is 1. The van der Waals surface area contributed by atoms with Gasteiger partial charge in [-0.1, -0.05) is 0 Å². The van der Waals surface area contributed by atoms with Crippen LogP contribution in [-0.4, -0.2) is 73.7 Å². The van der Waals surface area contributed by atoms with E-state index in [1.807, 2.05) is 0 Å². The van der Waals surface area contributed by atoms with E-state index in [9.17, 15) is 9.90 Å². The van der Waals surface area contributed by atoms with Crippen molar-refractivity contribution in [2.24, 2.45) is 29.6 Å². The number of nitrogens with zero attached hydrogens (tertiary/aromatic N) is 1. The molecule has 0 amide bonds. The number of methoxy groups -OCH3 is 1. The Hall–Kier alpha value is -0.530. The maximum absolute atomic E-state index is 13.4. The number of likely N-dealkylation sites (tertiary alicyclic amines) is 1. The first-order valence-corrected chi connectivity index (χ1v) is 9.78. The Balaban J connectivity index is 1.54. The topological polar surface area (TPSA) is 68.2 Å². The predicted molar refractivity (Wildman–Crippen MR) is 88.8 cm³/mol. The first-order chi connectivity index (χ1) is 12.1. The van der Waals surface area contributed by atoms with Gasteiger partial charge >= 0.3 is 0 Å². The Morgan fingerprint density at radius 3 is 2.68 bits per heavy atom. The number of ether oxygens (including phenoxy) is 3. The van der Waals surface area contributed by atoms with Crippen molar-refractivity contribution in [2.75, 3.05) is 27.5 Å². The minimum atomic E-state index is -0.486. The molecule has 2 saturated heterocycles. The molecule has 0 aromatic carbocycles. The van der Waals surface area contributed by atoms with Gasteiger partial charge in [-0.2, -0.15) is 0 Å². The summed E-state index contributed by atoms with van der Waals surface area (Å²) in [5.74, 6) is 1.43. The standard InChI is InChI=1S/C19H29NO5/c1-20-4-3-9-5-14(23-2)19(22)16-10-6-12-13(25-8-24-12)7-11(10)18(21)17(20)15(9)16/h9-17,19,22H,3-8H2,1-2H3. The van der Waals surface area contributed by atoms with Crippen LogP contribution >= 0.6 is 0 Å². The molecule has 5 aliphatic rings. The van der Waals surface area contributed by atoms with Crippen molar-refractivity contribution in [3.05, 3.63) is 0 Å². The van der Waals surface area contributed by atoms with Gasteiger partial charge in [-0.3, -0.25) is 9.69 Å². The molecule has 2 heterocycles. The van der Waals surface area contributed by atoms with Crippen LogP contribution in [0.3, 0.4) is 0 Å². The van der Waals surface area contributed by atoms with Crippen LogP contribution < -0.4 is 0 Å². The van der Waals surface area contributed by atoms with Crippen molar-refractivity contribution < 1.29 is 24.1 Å². The van der Waals surface area contributed by atoms with Gasteiger partial charge in [0.05, 0.1) is 30.5 Å². The van der Waals surface area contributed by atoms with E-state index in [4.69, 9.17) is 14.2 Å². The van der Waals surface area contributed by atoms with Crippen LogP contribution in [0.4, 0.5) is 0 Å². The summed E-state index contributed by atoms with van der Waals surface area (Å²) in [7, 11) is 3.78. The highest BCUT2D eigenvalue weighted by atomic mass is 16.7. The van der Waals surface area contributed by atoms with Crippen molar-refractivity contribution in [1.82, 2.24) is 4.90 Å². The van der Waals surface area contributed by atoms with E-state index in [1.165, 1.54) is 0 Å². The number of piperidine rings is 1. The molecule has 140 valence electrons. The molecule has 1 N–H and O–H groups in total. The number of fused-ring (bicyclic) bond motifs is 3. The Bertz CT molecular complexity index is 556. The van der Waals surface area contributed by atoms with Gasteiger partial charge in [-0.25, -0.2) is 0 Å². The molecule has 10 atom stereocenters. The maximum atomic E-state index is 13.4. The number of ketones is 1. The molecule has 0 spiro atoms. The Morgan fingerprint density at radius 1 is 1.16 bits per heavy atom. The fourth-order valence-corrected chi connectivity index (χ4v) is 6.84. The number of hydrogen-bond acceptors (Lipinski definition) is 6. The Kier molecular flexibility index (Phi) is 3.99. The maximum Gasteiger partial charge on any atom is 0.153 e. The predicted octanol–water partition coefficient (Wildman–Crippen LogP) is 0.669. The zero-order chi connectivity index (χ0) is 17.3. The van der Waals surface area contributed by atoms with Crippen molar-refractivity contribution >= 4 is 5.78 Å². The molecule has 3 aliphatic carbocycles. The summed E-state index contributed by atoms with van der Waals surface area (Å²) < 4.78 is 17.1. The first-order valence-electron chi connectivity index (χ1n) is 9.78. The van der Waals surface area contributed by atoms with E-state index in [2.05, 4.69) is 11.9 Å². The summed E-state index contributed by atoms with van der Waals surface area (Å²) in [5.41, 5.74) is 0. The number of carbonyl (C=O) groups is 1. The molecule has 2 aliphatic heterocycles. The monoisotopic (exact) mass is 351 g/mol. The third-order valence-electron chi connectivity index (χ3n) is 7.93. The number of aliphatic hydroxyl groups excluding tert-OH is 1. The van der Waals surface area contributed by atoms with Crippen LogP contribution in [0.25, 0.3) is 0 Å². The third kappa shape index (κ3) is 2.31. The number of likely N-dealkylation sites (N-methyl/N-ethyl adjacent to an activating group) is 1. The van der Waals surface area contributed by atoms with Gasteiger partial charge < -0.3 is 19.3 Å². The molecular weight excluding hydrogens is 322 g/mol. The van der Waals surface area contributed by atoms with Gasteiger partial charge in [0.15, 0.2) is 5.78 Å². The molecule has 0 radical (unpaired) electrons. The van der Waals surface area contributed by atoms with Crippen LogP contribution in [0.5, 0.6) is 0 Å². The molecule has 0 aromatic rings. The Morgan fingerprint density at radius 2 is 1.92 bits per heavy atom. The fraction of sp³-hybridized carbons (Fsp3) is 0.947. The van der Waals surface area contributed by atoms with Crippen LogP contribution in [0.1, 0.15) is 25.7 Å². The summed E-state index contributed by atoms with van der Waals surface area (Å²) in [6.45, 7) is 1.30. The van der Waals surface area contributed by atoms with Crippen LogP contribution in [-0.2, 0) is 19.0 Å². The number of rotatable bonds is 1. The SMILES string of the molecule is COC1CC2CCN(C)C3C(=O)C4CC5OCOC5CC4C(C1O)C23.